The Balaban J connectivity index is 1.86. The number of ether oxygens (including phenoxy) is 1. The molecule has 1 aliphatic carbocycles. The van der Waals surface area contributed by atoms with Gasteiger partial charge in [-0.2, -0.15) is 5.26 Å². The normalized spacial score (nSPS) is 20.9. The van der Waals surface area contributed by atoms with Crippen LogP contribution in [-0.2, 0) is 10.2 Å². The van der Waals surface area contributed by atoms with Crippen LogP contribution < -0.4 is 4.90 Å². The topological polar surface area (TPSA) is 53.3 Å². The van der Waals surface area contributed by atoms with Crippen molar-refractivity contribution in [2.24, 2.45) is 0 Å². The van der Waals surface area contributed by atoms with E-state index in [4.69, 9.17) is 10.00 Å². The standard InChI is InChI=1S/C13H12N2O2/c14-9-13(5-6-13)10-1-3-11(4-2-10)15-7-8-17-12(15)16/h1-4H,5-8H2. The molecule has 86 valence electrons. The van der Waals surface area contributed by atoms with Crippen LogP contribution in [-0.4, -0.2) is 19.2 Å². The van der Waals surface area contributed by atoms with Crippen LogP contribution in [0, 0.1) is 11.3 Å². The molecular formula is C13H12N2O2. The number of benzene rings is 1. The van der Waals surface area contributed by atoms with Crippen LogP contribution in [0.15, 0.2) is 24.3 Å². The van der Waals surface area contributed by atoms with Gasteiger partial charge in [0.2, 0.25) is 0 Å². The van der Waals surface area contributed by atoms with Crippen LogP contribution in [0.3, 0.4) is 0 Å². The van der Waals surface area contributed by atoms with Gasteiger partial charge >= 0.3 is 6.09 Å². The molecule has 0 atom stereocenters. The number of anilines is 1. The summed E-state index contributed by atoms with van der Waals surface area (Å²) in [5, 5.41) is 9.10. The molecule has 1 saturated heterocycles. The molecular weight excluding hydrogens is 216 g/mol. The molecule has 0 aromatic heterocycles. The summed E-state index contributed by atoms with van der Waals surface area (Å²) >= 11 is 0. The number of carbonyl (C=O) groups is 1. The highest BCUT2D eigenvalue weighted by Gasteiger charge is 2.44. The number of cyclic esters (lactones) is 1. The molecule has 4 heteroatoms. The van der Waals surface area contributed by atoms with Crippen molar-refractivity contribution in [3.8, 4) is 6.07 Å². The molecule has 3 rings (SSSR count). The second kappa shape index (κ2) is 3.49. The Morgan fingerprint density at radius 1 is 1.29 bits per heavy atom. The summed E-state index contributed by atoms with van der Waals surface area (Å²) in [5.74, 6) is 0. The van der Waals surface area contributed by atoms with E-state index in [0.717, 1.165) is 24.1 Å². The largest absolute Gasteiger partial charge is 0.447 e. The highest BCUT2D eigenvalue weighted by Crippen LogP contribution is 2.47. The van der Waals surface area contributed by atoms with Crippen LogP contribution in [0.1, 0.15) is 18.4 Å². The summed E-state index contributed by atoms with van der Waals surface area (Å²) in [4.78, 5) is 13.0. The highest BCUT2D eigenvalue weighted by atomic mass is 16.6. The van der Waals surface area contributed by atoms with E-state index in [1.54, 1.807) is 4.90 Å². The lowest BCUT2D eigenvalue weighted by Crippen LogP contribution is -2.23. The lowest BCUT2D eigenvalue weighted by Gasteiger charge is -2.14. The maximum Gasteiger partial charge on any atom is 0.414 e. The van der Waals surface area contributed by atoms with E-state index in [1.807, 2.05) is 24.3 Å². The first kappa shape index (κ1) is 10.2. The third-order valence-corrected chi connectivity index (χ3v) is 3.46. The lowest BCUT2D eigenvalue weighted by atomic mass is 9.97. The first-order chi connectivity index (χ1) is 8.25. The summed E-state index contributed by atoms with van der Waals surface area (Å²) in [6.07, 6.45) is 1.59. The zero-order valence-corrected chi connectivity index (χ0v) is 9.35. The molecule has 0 N–H and O–H groups in total. The van der Waals surface area contributed by atoms with Crippen molar-refractivity contribution in [2.45, 2.75) is 18.3 Å². The monoisotopic (exact) mass is 228 g/mol. The van der Waals surface area contributed by atoms with Crippen molar-refractivity contribution in [3.63, 3.8) is 0 Å². The second-order valence-electron chi connectivity index (χ2n) is 4.51. The third kappa shape index (κ3) is 1.55. The lowest BCUT2D eigenvalue weighted by molar-refractivity contribution is 0.181. The highest BCUT2D eigenvalue weighted by molar-refractivity contribution is 5.89. The van der Waals surface area contributed by atoms with Gasteiger partial charge in [0.25, 0.3) is 0 Å². The molecule has 1 saturated carbocycles. The van der Waals surface area contributed by atoms with E-state index in [2.05, 4.69) is 6.07 Å². The predicted octanol–water partition coefficient (Wildman–Crippen LogP) is 2.20. The SMILES string of the molecule is N#CC1(c2ccc(N3CCOC3=O)cc2)CC1. The molecule has 0 spiro atoms. The van der Waals surface area contributed by atoms with E-state index in [1.165, 1.54) is 0 Å². The fraction of sp³-hybridized carbons (Fsp3) is 0.385. The molecule has 0 bridgehead atoms. The summed E-state index contributed by atoms with van der Waals surface area (Å²) in [5.41, 5.74) is 1.63. The van der Waals surface area contributed by atoms with Gasteiger partial charge < -0.3 is 4.74 Å². The van der Waals surface area contributed by atoms with E-state index < -0.39 is 0 Å². The van der Waals surface area contributed by atoms with Crippen LogP contribution in [0.5, 0.6) is 0 Å². The maximum absolute atomic E-state index is 11.4. The van der Waals surface area contributed by atoms with Gasteiger partial charge in [-0.05, 0) is 30.5 Å². The summed E-state index contributed by atoms with van der Waals surface area (Å²) in [6, 6.07) is 10.0. The Hall–Kier alpha value is -2.02. The van der Waals surface area contributed by atoms with Gasteiger partial charge in [-0.3, -0.25) is 4.90 Å². The van der Waals surface area contributed by atoms with Crippen LogP contribution >= 0.6 is 0 Å². The minimum Gasteiger partial charge on any atom is -0.447 e. The molecule has 1 aliphatic heterocycles. The van der Waals surface area contributed by atoms with Crippen LogP contribution in [0.2, 0.25) is 0 Å². The number of nitrogens with zero attached hydrogens (tertiary/aromatic N) is 2. The zero-order chi connectivity index (χ0) is 11.9. The Kier molecular flexibility index (Phi) is 2.08. The average molecular weight is 228 g/mol. The minimum absolute atomic E-state index is 0.260. The molecule has 1 amide bonds. The van der Waals surface area contributed by atoms with E-state index >= 15 is 0 Å². The zero-order valence-electron chi connectivity index (χ0n) is 9.35. The molecule has 1 aromatic carbocycles. The summed E-state index contributed by atoms with van der Waals surface area (Å²) < 4.78 is 4.89. The Morgan fingerprint density at radius 2 is 2.00 bits per heavy atom. The molecule has 2 fully saturated rings. The molecule has 2 aliphatic rings. The molecule has 17 heavy (non-hydrogen) atoms. The van der Waals surface area contributed by atoms with Crippen molar-refractivity contribution >= 4 is 11.8 Å². The number of carbonyl (C=O) groups excluding carboxylic acids is 1. The van der Waals surface area contributed by atoms with E-state index in [0.29, 0.717) is 13.2 Å². The Morgan fingerprint density at radius 3 is 2.47 bits per heavy atom. The van der Waals surface area contributed by atoms with E-state index in [9.17, 15) is 4.79 Å². The van der Waals surface area contributed by atoms with Crippen molar-refractivity contribution in [2.75, 3.05) is 18.1 Å². The molecule has 0 radical (unpaired) electrons. The number of rotatable bonds is 2. The Bertz CT molecular complexity index is 497. The predicted molar refractivity (Wildman–Crippen MR) is 61.7 cm³/mol. The summed E-state index contributed by atoms with van der Waals surface area (Å²) in [6.45, 7) is 1.05. The second-order valence-corrected chi connectivity index (χ2v) is 4.51. The molecule has 1 heterocycles. The van der Waals surface area contributed by atoms with Gasteiger partial charge in [-0.1, -0.05) is 12.1 Å². The quantitative estimate of drug-likeness (QED) is 0.779. The van der Waals surface area contributed by atoms with Crippen LogP contribution in [0.25, 0.3) is 0 Å². The smallest absolute Gasteiger partial charge is 0.414 e. The molecule has 0 unspecified atom stereocenters. The van der Waals surface area contributed by atoms with Gasteiger partial charge in [-0.15, -0.1) is 0 Å². The Labute approximate surface area is 99.4 Å². The molecule has 1 aromatic rings. The van der Waals surface area contributed by atoms with Gasteiger partial charge in [0.05, 0.1) is 18.0 Å². The van der Waals surface area contributed by atoms with Crippen molar-refractivity contribution < 1.29 is 9.53 Å². The first-order valence-electron chi connectivity index (χ1n) is 5.71. The summed E-state index contributed by atoms with van der Waals surface area (Å²) in [7, 11) is 0. The molecule has 4 nitrogen and oxygen atoms in total. The number of hydrogen-bond acceptors (Lipinski definition) is 3. The van der Waals surface area contributed by atoms with Gasteiger partial charge in [0.15, 0.2) is 0 Å². The third-order valence-electron chi connectivity index (χ3n) is 3.46. The maximum atomic E-state index is 11.4. The number of nitriles is 1. The average Bonchev–Trinajstić information content (AvgIpc) is 3.06. The minimum atomic E-state index is -0.292. The number of amides is 1. The van der Waals surface area contributed by atoms with Gasteiger partial charge in [-0.25, -0.2) is 4.79 Å². The van der Waals surface area contributed by atoms with Crippen molar-refractivity contribution in [1.29, 1.82) is 5.26 Å². The number of hydrogen-bond donors (Lipinski definition) is 0. The van der Waals surface area contributed by atoms with Gasteiger partial charge in [0, 0.05) is 5.69 Å². The van der Waals surface area contributed by atoms with Crippen molar-refractivity contribution in [3.05, 3.63) is 29.8 Å². The fourth-order valence-corrected chi connectivity index (χ4v) is 2.18. The van der Waals surface area contributed by atoms with Crippen LogP contribution in [0.4, 0.5) is 10.5 Å². The fourth-order valence-electron chi connectivity index (χ4n) is 2.18. The van der Waals surface area contributed by atoms with Crippen molar-refractivity contribution in [1.82, 2.24) is 0 Å². The van der Waals surface area contributed by atoms with E-state index in [-0.39, 0.29) is 11.5 Å². The first-order valence-corrected chi connectivity index (χ1v) is 5.71. The van der Waals surface area contributed by atoms with Gasteiger partial charge in [0.1, 0.15) is 6.61 Å².